The van der Waals surface area contributed by atoms with Crippen molar-refractivity contribution in [3.05, 3.63) is 70.9 Å². The van der Waals surface area contributed by atoms with Gasteiger partial charge >= 0.3 is 0 Å². The minimum atomic E-state index is -0.191. The van der Waals surface area contributed by atoms with E-state index in [9.17, 15) is 0 Å². The number of halogens is 1. The lowest BCUT2D eigenvalue weighted by Crippen LogP contribution is -2.23. The van der Waals surface area contributed by atoms with Crippen molar-refractivity contribution < 1.29 is 9.15 Å². The lowest BCUT2D eigenvalue weighted by molar-refractivity contribution is 0.0223. The molecule has 0 saturated carbocycles. The summed E-state index contributed by atoms with van der Waals surface area (Å²) in [5.74, 6) is 0.914. The van der Waals surface area contributed by atoms with E-state index in [-0.39, 0.29) is 6.23 Å². The van der Waals surface area contributed by atoms with E-state index in [0.717, 1.165) is 28.6 Å². The fourth-order valence-electron chi connectivity index (χ4n) is 2.87. The van der Waals surface area contributed by atoms with Crippen LogP contribution in [0.1, 0.15) is 23.2 Å². The number of ether oxygens (including phenoxy) is 1. The zero-order valence-corrected chi connectivity index (χ0v) is 13.8. The Labute approximate surface area is 144 Å². The molecule has 7 heteroatoms. The molecule has 24 heavy (non-hydrogen) atoms. The molecule has 1 saturated heterocycles. The highest BCUT2D eigenvalue weighted by atomic mass is 35.5. The molecular weight excluding hydrogens is 328 g/mol. The van der Waals surface area contributed by atoms with E-state index in [1.807, 2.05) is 42.6 Å². The van der Waals surface area contributed by atoms with Crippen LogP contribution in [0.3, 0.4) is 0 Å². The molecule has 1 aliphatic rings. The topological polar surface area (TPSA) is 56.3 Å². The normalized spacial score (nSPS) is 18.3. The SMILES string of the molecule is Clc1cccc(Cn2cc([C@@H]3OCCN3Cc3ccco3)nn2)c1. The van der Waals surface area contributed by atoms with Crippen LogP contribution in [0.15, 0.2) is 53.3 Å². The van der Waals surface area contributed by atoms with E-state index in [1.54, 1.807) is 10.9 Å². The van der Waals surface area contributed by atoms with E-state index in [2.05, 4.69) is 15.2 Å². The highest BCUT2D eigenvalue weighted by Gasteiger charge is 2.29. The zero-order valence-electron chi connectivity index (χ0n) is 13.0. The summed E-state index contributed by atoms with van der Waals surface area (Å²) in [6.45, 7) is 2.83. The van der Waals surface area contributed by atoms with Gasteiger partial charge in [-0.25, -0.2) is 4.68 Å². The van der Waals surface area contributed by atoms with Crippen molar-refractivity contribution in [3.8, 4) is 0 Å². The Bertz CT molecular complexity index is 803. The summed E-state index contributed by atoms with van der Waals surface area (Å²) < 4.78 is 13.1. The van der Waals surface area contributed by atoms with Crippen molar-refractivity contribution in [1.82, 2.24) is 19.9 Å². The van der Waals surface area contributed by atoms with Crippen molar-refractivity contribution in [2.24, 2.45) is 0 Å². The van der Waals surface area contributed by atoms with Crippen molar-refractivity contribution in [2.75, 3.05) is 13.2 Å². The maximum absolute atomic E-state index is 6.03. The minimum absolute atomic E-state index is 0.191. The molecule has 124 valence electrons. The van der Waals surface area contributed by atoms with Crippen LogP contribution in [-0.2, 0) is 17.8 Å². The standard InChI is InChI=1S/C17H17ClN4O2/c18-14-4-1-3-13(9-14)10-22-12-16(19-20-22)17-21(6-8-24-17)11-15-5-2-7-23-15/h1-5,7,9,12,17H,6,8,10-11H2/t17-/m0/s1. The lowest BCUT2D eigenvalue weighted by Gasteiger charge is -2.19. The minimum Gasteiger partial charge on any atom is -0.468 e. The van der Waals surface area contributed by atoms with E-state index < -0.39 is 0 Å². The first-order chi connectivity index (χ1) is 11.8. The molecule has 6 nitrogen and oxygen atoms in total. The molecule has 4 rings (SSSR count). The van der Waals surface area contributed by atoms with Crippen LogP contribution in [-0.4, -0.2) is 33.0 Å². The number of benzene rings is 1. The average molecular weight is 345 g/mol. The Morgan fingerprint density at radius 1 is 1.21 bits per heavy atom. The van der Waals surface area contributed by atoms with Crippen LogP contribution in [0, 0.1) is 0 Å². The van der Waals surface area contributed by atoms with Gasteiger partial charge in [-0.3, -0.25) is 4.90 Å². The molecule has 2 aromatic heterocycles. The fraction of sp³-hybridized carbons (Fsp3) is 0.294. The van der Waals surface area contributed by atoms with Gasteiger partial charge in [-0.15, -0.1) is 5.10 Å². The molecule has 0 aliphatic carbocycles. The van der Waals surface area contributed by atoms with Gasteiger partial charge in [0, 0.05) is 11.6 Å². The maximum Gasteiger partial charge on any atom is 0.157 e. The van der Waals surface area contributed by atoms with E-state index >= 15 is 0 Å². The molecular formula is C17H17ClN4O2. The van der Waals surface area contributed by atoms with E-state index in [0.29, 0.717) is 19.7 Å². The molecule has 0 spiro atoms. The fourth-order valence-corrected chi connectivity index (χ4v) is 3.08. The predicted octanol–water partition coefficient (Wildman–Crippen LogP) is 3.10. The second-order valence-corrected chi connectivity index (χ2v) is 6.18. The predicted molar refractivity (Wildman–Crippen MR) is 88.4 cm³/mol. The molecule has 0 radical (unpaired) electrons. The number of rotatable bonds is 5. The van der Waals surface area contributed by atoms with Crippen LogP contribution < -0.4 is 0 Å². The first kappa shape index (κ1) is 15.4. The summed E-state index contributed by atoms with van der Waals surface area (Å²) in [5, 5.41) is 9.21. The second kappa shape index (κ2) is 6.76. The summed E-state index contributed by atoms with van der Waals surface area (Å²) in [6, 6.07) is 11.6. The van der Waals surface area contributed by atoms with Gasteiger partial charge in [0.25, 0.3) is 0 Å². The molecule has 1 fully saturated rings. The average Bonchev–Trinajstić information content (AvgIpc) is 3.29. The Morgan fingerprint density at radius 2 is 2.17 bits per heavy atom. The summed E-state index contributed by atoms with van der Waals surface area (Å²) >= 11 is 6.03. The summed E-state index contributed by atoms with van der Waals surface area (Å²) in [4.78, 5) is 2.19. The summed E-state index contributed by atoms with van der Waals surface area (Å²) in [7, 11) is 0. The van der Waals surface area contributed by atoms with Gasteiger partial charge in [-0.05, 0) is 29.8 Å². The van der Waals surface area contributed by atoms with Crippen LogP contribution in [0.2, 0.25) is 5.02 Å². The quantitative estimate of drug-likeness (QED) is 0.712. The molecule has 3 heterocycles. The summed E-state index contributed by atoms with van der Waals surface area (Å²) in [5.41, 5.74) is 1.89. The third kappa shape index (κ3) is 3.36. The Kier molecular flexibility index (Phi) is 4.34. The van der Waals surface area contributed by atoms with Gasteiger partial charge in [0.2, 0.25) is 0 Å². The van der Waals surface area contributed by atoms with Gasteiger partial charge in [-0.1, -0.05) is 28.9 Å². The number of aromatic nitrogens is 3. The van der Waals surface area contributed by atoms with E-state index in [1.165, 1.54) is 0 Å². The van der Waals surface area contributed by atoms with Gasteiger partial charge in [-0.2, -0.15) is 0 Å². The van der Waals surface area contributed by atoms with Crippen molar-refractivity contribution in [1.29, 1.82) is 0 Å². The molecule has 1 atom stereocenters. The van der Waals surface area contributed by atoms with Gasteiger partial charge in [0.05, 0.1) is 32.2 Å². The Balaban J connectivity index is 1.47. The van der Waals surface area contributed by atoms with Gasteiger partial charge < -0.3 is 9.15 Å². The Hall–Kier alpha value is -2.15. The number of furan rings is 1. The maximum atomic E-state index is 6.03. The number of hydrogen-bond donors (Lipinski definition) is 0. The second-order valence-electron chi connectivity index (χ2n) is 5.74. The smallest absolute Gasteiger partial charge is 0.157 e. The molecule has 1 aromatic carbocycles. The monoisotopic (exact) mass is 344 g/mol. The number of hydrogen-bond acceptors (Lipinski definition) is 5. The molecule has 3 aromatic rings. The molecule has 0 unspecified atom stereocenters. The van der Waals surface area contributed by atoms with Gasteiger partial charge in [0.1, 0.15) is 11.5 Å². The van der Waals surface area contributed by atoms with Crippen molar-refractivity contribution >= 4 is 11.6 Å². The zero-order chi connectivity index (χ0) is 16.4. The first-order valence-corrected chi connectivity index (χ1v) is 8.18. The molecule has 0 N–H and O–H groups in total. The lowest BCUT2D eigenvalue weighted by atomic mass is 10.2. The highest BCUT2D eigenvalue weighted by molar-refractivity contribution is 6.30. The molecule has 1 aliphatic heterocycles. The van der Waals surface area contributed by atoms with Crippen molar-refractivity contribution in [2.45, 2.75) is 19.3 Å². The van der Waals surface area contributed by atoms with Gasteiger partial charge in [0.15, 0.2) is 6.23 Å². The van der Waals surface area contributed by atoms with Crippen molar-refractivity contribution in [3.63, 3.8) is 0 Å². The highest BCUT2D eigenvalue weighted by Crippen LogP contribution is 2.27. The number of nitrogens with zero attached hydrogens (tertiary/aromatic N) is 4. The Morgan fingerprint density at radius 3 is 3.00 bits per heavy atom. The first-order valence-electron chi connectivity index (χ1n) is 7.80. The van der Waals surface area contributed by atoms with E-state index in [4.69, 9.17) is 20.8 Å². The largest absolute Gasteiger partial charge is 0.468 e. The molecule has 0 amide bonds. The van der Waals surface area contributed by atoms with Crippen LogP contribution >= 0.6 is 11.6 Å². The van der Waals surface area contributed by atoms with Crippen LogP contribution in [0.25, 0.3) is 0 Å². The molecule has 0 bridgehead atoms. The third-order valence-electron chi connectivity index (χ3n) is 3.97. The van der Waals surface area contributed by atoms with Crippen LogP contribution in [0.4, 0.5) is 0 Å². The third-order valence-corrected chi connectivity index (χ3v) is 4.20. The van der Waals surface area contributed by atoms with Crippen LogP contribution in [0.5, 0.6) is 0 Å². The summed E-state index contributed by atoms with van der Waals surface area (Å²) in [6.07, 6.45) is 3.41.